The third-order valence-corrected chi connectivity index (χ3v) is 2.82. The van der Waals surface area contributed by atoms with Crippen LogP contribution >= 0.6 is 15.9 Å². The van der Waals surface area contributed by atoms with Gasteiger partial charge in [0.2, 0.25) is 5.95 Å². The third kappa shape index (κ3) is 2.19. The van der Waals surface area contributed by atoms with Gasteiger partial charge in [-0.1, -0.05) is 15.9 Å². The van der Waals surface area contributed by atoms with E-state index in [-0.39, 0.29) is 5.82 Å². The summed E-state index contributed by atoms with van der Waals surface area (Å²) in [6.45, 7) is 3.81. The standard InChI is InChI=1S/C11H13BrFN3/c1-2-16(6-5-12)11-14-9-4-3-8(13)7-10(9)15-11/h3-4,7H,2,5-6H2,1H3,(H,14,15). The zero-order valence-corrected chi connectivity index (χ0v) is 10.6. The first-order valence-corrected chi connectivity index (χ1v) is 6.33. The molecule has 0 bridgehead atoms. The van der Waals surface area contributed by atoms with Gasteiger partial charge in [0.15, 0.2) is 0 Å². The number of nitrogens with zero attached hydrogens (tertiary/aromatic N) is 2. The molecule has 0 aliphatic heterocycles. The van der Waals surface area contributed by atoms with Gasteiger partial charge in [0, 0.05) is 18.4 Å². The summed E-state index contributed by atoms with van der Waals surface area (Å²) < 4.78 is 13.0. The number of alkyl halides is 1. The van der Waals surface area contributed by atoms with Crippen molar-refractivity contribution in [1.82, 2.24) is 9.97 Å². The molecule has 2 rings (SSSR count). The lowest BCUT2D eigenvalue weighted by atomic mass is 10.3. The number of rotatable bonds is 4. The van der Waals surface area contributed by atoms with E-state index in [4.69, 9.17) is 0 Å². The molecule has 0 unspecified atom stereocenters. The van der Waals surface area contributed by atoms with Crippen molar-refractivity contribution < 1.29 is 4.39 Å². The molecule has 5 heteroatoms. The van der Waals surface area contributed by atoms with E-state index in [9.17, 15) is 4.39 Å². The summed E-state index contributed by atoms with van der Waals surface area (Å²) in [7, 11) is 0. The van der Waals surface area contributed by atoms with E-state index in [2.05, 4.69) is 37.7 Å². The van der Waals surface area contributed by atoms with Crippen LogP contribution in [0.2, 0.25) is 0 Å². The number of fused-ring (bicyclic) bond motifs is 1. The van der Waals surface area contributed by atoms with Crippen LogP contribution in [0.15, 0.2) is 18.2 Å². The molecular weight excluding hydrogens is 273 g/mol. The molecule has 0 saturated carbocycles. The predicted octanol–water partition coefficient (Wildman–Crippen LogP) is 2.92. The van der Waals surface area contributed by atoms with Gasteiger partial charge in [-0.15, -0.1) is 0 Å². The minimum Gasteiger partial charge on any atom is -0.342 e. The average Bonchev–Trinajstić information content (AvgIpc) is 2.68. The smallest absolute Gasteiger partial charge is 0.203 e. The molecule has 0 radical (unpaired) electrons. The molecule has 0 saturated heterocycles. The first kappa shape index (κ1) is 11.4. The predicted molar refractivity (Wildman–Crippen MR) is 67.7 cm³/mol. The summed E-state index contributed by atoms with van der Waals surface area (Å²) in [6, 6.07) is 4.58. The molecule has 86 valence electrons. The van der Waals surface area contributed by atoms with Gasteiger partial charge in [-0.3, -0.25) is 0 Å². The van der Waals surface area contributed by atoms with Gasteiger partial charge in [0.05, 0.1) is 11.0 Å². The van der Waals surface area contributed by atoms with Crippen molar-refractivity contribution in [3.05, 3.63) is 24.0 Å². The van der Waals surface area contributed by atoms with Crippen LogP contribution in [0.1, 0.15) is 6.92 Å². The van der Waals surface area contributed by atoms with Crippen LogP contribution in [0.25, 0.3) is 11.0 Å². The molecule has 0 amide bonds. The van der Waals surface area contributed by atoms with Crippen LogP contribution in [0.5, 0.6) is 0 Å². The first-order chi connectivity index (χ1) is 7.74. The van der Waals surface area contributed by atoms with Crippen molar-refractivity contribution in [2.45, 2.75) is 6.92 Å². The Hall–Kier alpha value is -1.10. The van der Waals surface area contributed by atoms with Gasteiger partial charge in [0.25, 0.3) is 0 Å². The maximum Gasteiger partial charge on any atom is 0.203 e. The van der Waals surface area contributed by atoms with E-state index in [0.29, 0.717) is 0 Å². The first-order valence-electron chi connectivity index (χ1n) is 5.20. The molecule has 1 heterocycles. The fourth-order valence-electron chi connectivity index (χ4n) is 1.63. The molecule has 0 atom stereocenters. The number of H-pyrrole nitrogens is 1. The van der Waals surface area contributed by atoms with Crippen LogP contribution in [0.4, 0.5) is 10.3 Å². The molecule has 1 N–H and O–H groups in total. The van der Waals surface area contributed by atoms with E-state index in [0.717, 1.165) is 35.4 Å². The van der Waals surface area contributed by atoms with Crippen molar-refractivity contribution in [3.63, 3.8) is 0 Å². The third-order valence-electron chi connectivity index (χ3n) is 2.47. The Morgan fingerprint density at radius 2 is 2.31 bits per heavy atom. The van der Waals surface area contributed by atoms with E-state index in [1.165, 1.54) is 12.1 Å². The van der Waals surface area contributed by atoms with Gasteiger partial charge in [0.1, 0.15) is 5.82 Å². The highest BCUT2D eigenvalue weighted by Crippen LogP contribution is 2.18. The van der Waals surface area contributed by atoms with Crippen LogP contribution in [-0.4, -0.2) is 28.4 Å². The molecule has 2 aromatic rings. The zero-order chi connectivity index (χ0) is 11.5. The lowest BCUT2D eigenvalue weighted by Gasteiger charge is -2.17. The second-order valence-electron chi connectivity index (χ2n) is 3.49. The number of halogens is 2. The number of aromatic amines is 1. The zero-order valence-electron chi connectivity index (χ0n) is 9.00. The largest absolute Gasteiger partial charge is 0.342 e. The van der Waals surface area contributed by atoms with E-state index < -0.39 is 0 Å². The number of imidazole rings is 1. The molecular formula is C11H13BrFN3. The van der Waals surface area contributed by atoms with Crippen molar-refractivity contribution in [2.75, 3.05) is 23.3 Å². The minimum absolute atomic E-state index is 0.244. The summed E-state index contributed by atoms with van der Waals surface area (Å²) in [5.41, 5.74) is 1.53. The van der Waals surface area contributed by atoms with Gasteiger partial charge in [-0.05, 0) is 25.1 Å². The SMILES string of the molecule is CCN(CCBr)c1nc2ccc(F)cc2[nH]1. The number of anilines is 1. The van der Waals surface area contributed by atoms with Crippen LogP contribution in [0.3, 0.4) is 0 Å². The second kappa shape index (κ2) is 4.82. The average molecular weight is 286 g/mol. The molecule has 1 aromatic carbocycles. The maximum atomic E-state index is 13.0. The van der Waals surface area contributed by atoms with Gasteiger partial charge in [-0.25, -0.2) is 9.37 Å². The van der Waals surface area contributed by atoms with Gasteiger partial charge >= 0.3 is 0 Å². The van der Waals surface area contributed by atoms with Gasteiger partial charge in [-0.2, -0.15) is 0 Å². The summed E-state index contributed by atoms with van der Waals surface area (Å²) in [6.07, 6.45) is 0. The number of hydrogen-bond acceptors (Lipinski definition) is 2. The molecule has 3 nitrogen and oxygen atoms in total. The van der Waals surface area contributed by atoms with Gasteiger partial charge < -0.3 is 9.88 Å². The molecule has 1 aromatic heterocycles. The molecule has 0 spiro atoms. The van der Waals surface area contributed by atoms with E-state index >= 15 is 0 Å². The number of hydrogen-bond donors (Lipinski definition) is 1. The fraction of sp³-hybridized carbons (Fsp3) is 0.364. The number of nitrogens with one attached hydrogen (secondary N) is 1. The lowest BCUT2D eigenvalue weighted by Crippen LogP contribution is -2.25. The Morgan fingerprint density at radius 3 is 3.00 bits per heavy atom. The molecule has 16 heavy (non-hydrogen) atoms. The van der Waals surface area contributed by atoms with Crippen molar-refractivity contribution in [3.8, 4) is 0 Å². The Labute approximate surface area is 102 Å². The molecule has 0 aliphatic rings. The van der Waals surface area contributed by atoms with Crippen LogP contribution < -0.4 is 4.90 Å². The summed E-state index contributed by atoms with van der Waals surface area (Å²) in [5.74, 6) is 0.550. The van der Waals surface area contributed by atoms with Crippen LogP contribution in [0, 0.1) is 5.82 Å². The Morgan fingerprint density at radius 1 is 1.50 bits per heavy atom. The quantitative estimate of drug-likeness (QED) is 0.876. The summed E-state index contributed by atoms with van der Waals surface area (Å²) in [5, 5.41) is 0.881. The maximum absolute atomic E-state index is 13.0. The van der Waals surface area contributed by atoms with Crippen molar-refractivity contribution >= 4 is 32.9 Å². The topological polar surface area (TPSA) is 31.9 Å². The van der Waals surface area contributed by atoms with E-state index in [1.54, 1.807) is 6.07 Å². The highest BCUT2D eigenvalue weighted by Gasteiger charge is 2.09. The lowest BCUT2D eigenvalue weighted by molar-refractivity contribution is 0.629. The highest BCUT2D eigenvalue weighted by atomic mass is 79.9. The number of aromatic nitrogens is 2. The van der Waals surface area contributed by atoms with E-state index in [1.807, 2.05) is 0 Å². The monoisotopic (exact) mass is 285 g/mol. The summed E-state index contributed by atoms with van der Waals surface area (Å²) >= 11 is 3.40. The van der Waals surface area contributed by atoms with Crippen LogP contribution in [-0.2, 0) is 0 Å². The molecule has 0 fully saturated rings. The summed E-state index contributed by atoms with van der Waals surface area (Å²) in [4.78, 5) is 9.66. The Bertz CT molecular complexity index is 483. The second-order valence-corrected chi connectivity index (χ2v) is 4.28. The Balaban J connectivity index is 2.37. The van der Waals surface area contributed by atoms with Crippen molar-refractivity contribution in [1.29, 1.82) is 0 Å². The highest BCUT2D eigenvalue weighted by molar-refractivity contribution is 9.09. The minimum atomic E-state index is -0.244. The Kier molecular flexibility index (Phi) is 3.43. The fourth-order valence-corrected chi connectivity index (χ4v) is 2.06. The normalized spacial score (nSPS) is 10.9. The molecule has 0 aliphatic carbocycles. The van der Waals surface area contributed by atoms with Crippen molar-refractivity contribution in [2.24, 2.45) is 0 Å². The number of benzene rings is 1.